The van der Waals surface area contributed by atoms with Crippen LogP contribution in [0.3, 0.4) is 0 Å². The molecule has 0 aliphatic rings. The van der Waals surface area contributed by atoms with Gasteiger partial charge in [0.05, 0.1) is 13.2 Å². The lowest BCUT2D eigenvalue weighted by molar-refractivity contribution is -0.161. The van der Waals surface area contributed by atoms with Gasteiger partial charge in [0.15, 0.2) is 6.10 Å². The minimum atomic E-state index is -4.37. The molecule has 0 radical (unpaired) electrons. The molecule has 52 heavy (non-hydrogen) atoms. The molecule has 0 aromatic rings. The fourth-order valence-electron chi connectivity index (χ4n) is 6.16. The number of carbonyl (C=O) groups is 2. The number of allylic oxidation sites excluding steroid dienone is 2. The van der Waals surface area contributed by atoms with Crippen molar-refractivity contribution < 1.29 is 37.6 Å². The summed E-state index contributed by atoms with van der Waals surface area (Å²) in [5.41, 5.74) is 5.34. The fraction of sp³-hybridized carbons (Fsp3) is 0.905. The molecule has 10 heteroatoms. The van der Waals surface area contributed by atoms with Gasteiger partial charge in [-0.3, -0.25) is 18.6 Å². The maximum atomic E-state index is 12.6. The Balaban J connectivity index is 4.10. The number of phosphoric ester groups is 1. The standard InChI is InChI=1S/C42H82NO8P/c1-3-5-7-9-11-13-15-17-18-19-20-21-22-23-25-27-29-31-33-35-42(45)51-40(39-50-52(46,47)49-37-36-43)38-48-41(44)34-32-30-28-26-24-16-14-12-10-8-6-4-2/h17-18,40H,3-16,19-39,43H2,1-2H3,(H,46,47)/b18-17-/t40-/m1/s1. The summed E-state index contributed by atoms with van der Waals surface area (Å²) in [4.78, 5) is 34.8. The van der Waals surface area contributed by atoms with Crippen molar-refractivity contribution in [3.8, 4) is 0 Å². The molecule has 0 heterocycles. The van der Waals surface area contributed by atoms with Gasteiger partial charge in [-0.25, -0.2) is 4.57 Å². The first kappa shape index (κ1) is 50.8. The van der Waals surface area contributed by atoms with Crippen LogP contribution in [0.5, 0.6) is 0 Å². The van der Waals surface area contributed by atoms with E-state index < -0.39 is 26.5 Å². The van der Waals surface area contributed by atoms with E-state index in [0.717, 1.165) is 38.5 Å². The summed E-state index contributed by atoms with van der Waals surface area (Å²) in [6.45, 7) is 3.74. The van der Waals surface area contributed by atoms with Gasteiger partial charge in [-0.2, -0.15) is 0 Å². The Kier molecular flexibility index (Phi) is 38.5. The van der Waals surface area contributed by atoms with Crippen molar-refractivity contribution in [2.75, 3.05) is 26.4 Å². The number of hydrogen-bond donors (Lipinski definition) is 2. The van der Waals surface area contributed by atoms with Gasteiger partial charge in [0, 0.05) is 19.4 Å². The average Bonchev–Trinajstić information content (AvgIpc) is 3.13. The molecule has 0 aliphatic carbocycles. The summed E-state index contributed by atoms with van der Waals surface area (Å²) in [6, 6.07) is 0. The Hall–Kier alpha value is -1.25. The van der Waals surface area contributed by atoms with Crippen LogP contribution in [0.1, 0.15) is 213 Å². The first-order chi connectivity index (χ1) is 25.3. The molecule has 0 aromatic carbocycles. The number of esters is 2. The molecular formula is C42H82NO8P. The van der Waals surface area contributed by atoms with E-state index in [9.17, 15) is 19.0 Å². The van der Waals surface area contributed by atoms with Crippen LogP contribution >= 0.6 is 7.82 Å². The molecule has 0 rings (SSSR count). The second-order valence-electron chi connectivity index (χ2n) is 14.6. The third-order valence-corrected chi connectivity index (χ3v) is 10.4. The molecule has 0 bridgehead atoms. The summed E-state index contributed by atoms with van der Waals surface area (Å²) in [7, 11) is -4.37. The van der Waals surface area contributed by atoms with E-state index in [-0.39, 0.29) is 38.6 Å². The fourth-order valence-corrected chi connectivity index (χ4v) is 6.92. The van der Waals surface area contributed by atoms with Crippen molar-refractivity contribution >= 4 is 19.8 Å². The van der Waals surface area contributed by atoms with E-state index in [0.29, 0.717) is 6.42 Å². The SMILES string of the molecule is CCCCCCCC/C=C\CCCCCCCCCCCC(=O)O[C@H](COC(=O)CCCCCCCCCCCCCC)COP(=O)(O)OCCN. The van der Waals surface area contributed by atoms with E-state index in [2.05, 4.69) is 26.0 Å². The van der Waals surface area contributed by atoms with E-state index in [1.54, 1.807) is 0 Å². The van der Waals surface area contributed by atoms with Gasteiger partial charge >= 0.3 is 19.8 Å². The molecule has 0 aromatic heterocycles. The lowest BCUT2D eigenvalue weighted by Gasteiger charge is -2.19. The summed E-state index contributed by atoms with van der Waals surface area (Å²) in [5.74, 6) is -0.822. The number of unbranched alkanes of at least 4 members (excludes halogenated alkanes) is 26. The molecule has 0 amide bonds. The number of ether oxygens (including phenoxy) is 2. The molecule has 9 nitrogen and oxygen atoms in total. The molecule has 0 spiro atoms. The normalized spacial score (nSPS) is 13.4. The van der Waals surface area contributed by atoms with Crippen LogP contribution < -0.4 is 5.73 Å². The largest absolute Gasteiger partial charge is 0.472 e. The Bertz CT molecular complexity index is 871. The number of nitrogens with two attached hydrogens (primary N) is 1. The predicted molar refractivity (Wildman–Crippen MR) is 215 cm³/mol. The van der Waals surface area contributed by atoms with Gasteiger partial charge in [0.2, 0.25) is 0 Å². The molecule has 0 fully saturated rings. The van der Waals surface area contributed by atoms with E-state index in [4.69, 9.17) is 24.3 Å². The van der Waals surface area contributed by atoms with Crippen LogP contribution in [0.15, 0.2) is 12.2 Å². The summed E-state index contributed by atoms with van der Waals surface area (Å²) in [6.07, 6.45) is 39.5. The predicted octanol–water partition coefficient (Wildman–Crippen LogP) is 12.2. The highest BCUT2D eigenvalue weighted by Gasteiger charge is 2.26. The number of phosphoric acid groups is 1. The van der Waals surface area contributed by atoms with Gasteiger partial charge in [-0.15, -0.1) is 0 Å². The molecule has 0 saturated heterocycles. The molecule has 2 atom stereocenters. The van der Waals surface area contributed by atoms with Crippen LogP contribution in [-0.2, 0) is 32.7 Å². The van der Waals surface area contributed by atoms with Crippen molar-refractivity contribution in [1.82, 2.24) is 0 Å². The molecular weight excluding hydrogens is 677 g/mol. The van der Waals surface area contributed by atoms with Crippen LogP contribution in [-0.4, -0.2) is 49.3 Å². The average molecular weight is 760 g/mol. The number of carbonyl (C=O) groups excluding carboxylic acids is 2. The lowest BCUT2D eigenvalue weighted by Crippen LogP contribution is -2.29. The highest BCUT2D eigenvalue weighted by atomic mass is 31.2. The van der Waals surface area contributed by atoms with Crippen molar-refractivity contribution in [2.45, 2.75) is 219 Å². The first-order valence-electron chi connectivity index (χ1n) is 21.7. The van der Waals surface area contributed by atoms with E-state index >= 15 is 0 Å². The van der Waals surface area contributed by atoms with E-state index in [1.807, 2.05) is 0 Å². The Morgan fingerprint density at radius 2 is 0.942 bits per heavy atom. The van der Waals surface area contributed by atoms with Gasteiger partial charge in [-0.1, -0.05) is 174 Å². The Labute approximate surface area is 319 Å². The summed E-state index contributed by atoms with van der Waals surface area (Å²) in [5, 5.41) is 0. The molecule has 308 valence electrons. The van der Waals surface area contributed by atoms with Crippen molar-refractivity contribution in [2.24, 2.45) is 5.73 Å². The third kappa shape index (κ3) is 38.5. The zero-order valence-corrected chi connectivity index (χ0v) is 34.7. The van der Waals surface area contributed by atoms with Gasteiger partial charge in [-0.05, 0) is 38.5 Å². The minimum absolute atomic E-state index is 0.0559. The number of rotatable bonds is 41. The van der Waals surface area contributed by atoms with Crippen LogP contribution in [0.4, 0.5) is 0 Å². The van der Waals surface area contributed by atoms with E-state index in [1.165, 1.54) is 141 Å². The summed E-state index contributed by atoms with van der Waals surface area (Å²) >= 11 is 0. The van der Waals surface area contributed by atoms with Crippen LogP contribution in [0, 0.1) is 0 Å². The monoisotopic (exact) mass is 760 g/mol. The van der Waals surface area contributed by atoms with Gasteiger partial charge in [0.1, 0.15) is 6.61 Å². The van der Waals surface area contributed by atoms with Crippen molar-refractivity contribution in [3.05, 3.63) is 12.2 Å². The maximum absolute atomic E-state index is 12.6. The quantitative estimate of drug-likeness (QED) is 0.0270. The molecule has 3 N–H and O–H groups in total. The van der Waals surface area contributed by atoms with Crippen molar-refractivity contribution in [1.29, 1.82) is 0 Å². The highest BCUT2D eigenvalue weighted by Crippen LogP contribution is 2.43. The first-order valence-corrected chi connectivity index (χ1v) is 23.2. The third-order valence-electron chi connectivity index (χ3n) is 9.40. The topological polar surface area (TPSA) is 134 Å². The van der Waals surface area contributed by atoms with Gasteiger partial charge < -0.3 is 20.1 Å². The van der Waals surface area contributed by atoms with Crippen LogP contribution in [0.25, 0.3) is 0 Å². The second-order valence-corrected chi connectivity index (χ2v) is 16.0. The Morgan fingerprint density at radius 1 is 0.558 bits per heavy atom. The minimum Gasteiger partial charge on any atom is -0.462 e. The smallest absolute Gasteiger partial charge is 0.462 e. The summed E-state index contributed by atoms with van der Waals surface area (Å²) < 4.78 is 32.7. The lowest BCUT2D eigenvalue weighted by atomic mass is 10.0. The second kappa shape index (κ2) is 39.4. The molecule has 1 unspecified atom stereocenters. The maximum Gasteiger partial charge on any atom is 0.472 e. The molecule has 0 aliphatic heterocycles. The zero-order chi connectivity index (χ0) is 38.2. The van der Waals surface area contributed by atoms with Crippen molar-refractivity contribution in [3.63, 3.8) is 0 Å². The number of hydrogen-bond acceptors (Lipinski definition) is 8. The Morgan fingerprint density at radius 3 is 1.37 bits per heavy atom. The molecule has 0 saturated carbocycles. The highest BCUT2D eigenvalue weighted by molar-refractivity contribution is 7.47. The zero-order valence-electron chi connectivity index (χ0n) is 33.8. The van der Waals surface area contributed by atoms with Gasteiger partial charge in [0.25, 0.3) is 0 Å². The van der Waals surface area contributed by atoms with Crippen LogP contribution in [0.2, 0.25) is 0 Å².